The molecule has 0 fully saturated rings. The van der Waals surface area contributed by atoms with E-state index in [4.69, 9.17) is 4.52 Å². The zero-order chi connectivity index (χ0) is 11.0. The van der Waals surface area contributed by atoms with Gasteiger partial charge in [0.25, 0.3) is 5.56 Å². The average molecular weight is 212 g/mol. The van der Waals surface area contributed by atoms with E-state index in [0.29, 0.717) is 16.7 Å². The summed E-state index contributed by atoms with van der Waals surface area (Å²) >= 11 is 0. The monoisotopic (exact) mass is 212 g/mol. The molecule has 0 aliphatic heterocycles. The maximum Gasteiger partial charge on any atom is 0.261 e. The fraction of sp³-hybridized carbons (Fsp3) is 0. The maximum absolute atomic E-state index is 11.7. The molecule has 0 unspecified atom stereocenters. The normalized spacial score (nSPS) is 10.8. The number of H-pyrrole nitrogens is 1. The number of fused-ring (bicyclic) bond motifs is 1. The number of nitrogens with zero attached hydrogens (tertiary/aromatic N) is 1. The van der Waals surface area contributed by atoms with E-state index in [1.165, 1.54) is 0 Å². The van der Waals surface area contributed by atoms with E-state index in [2.05, 4.69) is 10.1 Å². The molecular weight excluding hydrogens is 204 g/mol. The third-order valence-electron chi connectivity index (χ3n) is 2.44. The highest BCUT2D eigenvalue weighted by Gasteiger charge is 2.12. The van der Waals surface area contributed by atoms with Crippen molar-refractivity contribution in [2.75, 3.05) is 0 Å². The van der Waals surface area contributed by atoms with Crippen molar-refractivity contribution in [3.05, 3.63) is 52.9 Å². The van der Waals surface area contributed by atoms with Crippen LogP contribution >= 0.6 is 0 Å². The van der Waals surface area contributed by atoms with Crippen LogP contribution < -0.4 is 5.56 Å². The molecular formula is C12H8N2O2. The van der Waals surface area contributed by atoms with Crippen LogP contribution in [0.3, 0.4) is 0 Å². The molecule has 1 aromatic carbocycles. The van der Waals surface area contributed by atoms with Gasteiger partial charge in [-0.3, -0.25) is 4.79 Å². The van der Waals surface area contributed by atoms with E-state index in [-0.39, 0.29) is 5.56 Å². The molecule has 0 aliphatic carbocycles. The summed E-state index contributed by atoms with van der Waals surface area (Å²) in [7, 11) is 0. The van der Waals surface area contributed by atoms with Crippen LogP contribution in [0.5, 0.6) is 0 Å². The van der Waals surface area contributed by atoms with Crippen LogP contribution in [0.1, 0.15) is 0 Å². The van der Waals surface area contributed by atoms with Gasteiger partial charge in [0.15, 0.2) is 5.58 Å². The van der Waals surface area contributed by atoms with Gasteiger partial charge in [-0.1, -0.05) is 35.5 Å². The zero-order valence-electron chi connectivity index (χ0n) is 8.31. The van der Waals surface area contributed by atoms with Crippen LogP contribution in [-0.4, -0.2) is 10.1 Å². The predicted molar refractivity (Wildman–Crippen MR) is 60.1 cm³/mol. The quantitative estimate of drug-likeness (QED) is 0.672. The lowest BCUT2D eigenvalue weighted by molar-refractivity contribution is 0.459. The molecule has 0 amide bonds. The molecule has 2 aromatic heterocycles. The Bertz CT molecular complexity index is 683. The van der Waals surface area contributed by atoms with Crippen molar-refractivity contribution >= 4 is 11.0 Å². The highest BCUT2D eigenvalue weighted by atomic mass is 16.5. The molecule has 0 saturated heterocycles. The molecule has 0 spiro atoms. The lowest BCUT2D eigenvalue weighted by Gasteiger charge is -1.94. The first-order valence-electron chi connectivity index (χ1n) is 4.89. The van der Waals surface area contributed by atoms with E-state index < -0.39 is 0 Å². The first-order valence-corrected chi connectivity index (χ1v) is 4.89. The largest absolute Gasteiger partial charge is 0.355 e. The number of pyridine rings is 1. The molecule has 1 N–H and O–H groups in total. The zero-order valence-corrected chi connectivity index (χ0v) is 8.31. The van der Waals surface area contributed by atoms with Crippen LogP contribution in [0.15, 0.2) is 51.9 Å². The molecule has 4 heteroatoms. The van der Waals surface area contributed by atoms with Gasteiger partial charge in [-0.25, -0.2) is 0 Å². The molecule has 0 bridgehead atoms. The average Bonchev–Trinajstić information content (AvgIpc) is 2.75. The van der Waals surface area contributed by atoms with Crippen LogP contribution in [0.2, 0.25) is 0 Å². The van der Waals surface area contributed by atoms with E-state index in [1.807, 2.05) is 30.3 Å². The van der Waals surface area contributed by atoms with Gasteiger partial charge >= 0.3 is 0 Å². The van der Waals surface area contributed by atoms with E-state index in [9.17, 15) is 4.79 Å². The minimum Gasteiger partial charge on any atom is -0.355 e. The summed E-state index contributed by atoms with van der Waals surface area (Å²) in [5.74, 6) is 0. The first-order chi connectivity index (χ1) is 7.86. The van der Waals surface area contributed by atoms with Gasteiger partial charge in [-0.15, -0.1) is 0 Å². The summed E-state index contributed by atoms with van der Waals surface area (Å²) in [6.45, 7) is 0. The topological polar surface area (TPSA) is 58.9 Å². The Hall–Kier alpha value is -2.36. The van der Waals surface area contributed by atoms with E-state index in [1.54, 1.807) is 12.3 Å². The Balaban J connectivity index is 2.38. The third kappa shape index (κ3) is 1.24. The number of hydrogen-bond acceptors (Lipinski definition) is 3. The van der Waals surface area contributed by atoms with Crippen LogP contribution in [-0.2, 0) is 0 Å². The fourth-order valence-corrected chi connectivity index (χ4v) is 1.69. The second-order valence-corrected chi connectivity index (χ2v) is 3.44. The molecule has 0 atom stereocenters. The van der Waals surface area contributed by atoms with Crippen molar-refractivity contribution in [1.29, 1.82) is 0 Å². The molecule has 3 aromatic rings. The third-order valence-corrected chi connectivity index (χ3v) is 2.44. The van der Waals surface area contributed by atoms with Crippen LogP contribution in [0.25, 0.3) is 22.2 Å². The van der Waals surface area contributed by atoms with Gasteiger partial charge in [0.2, 0.25) is 0 Å². The standard InChI is InChI=1S/C12H8N2O2/c15-12-10-9(6-7-13-12)16-14-11(10)8-4-2-1-3-5-8/h1-7H,(H,13,15). The Morgan fingerprint density at radius 1 is 1.12 bits per heavy atom. The molecule has 4 nitrogen and oxygen atoms in total. The summed E-state index contributed by atoms with van der Waals surface area (Å²) in [6.07, 6.45) is 1.55. The number of nitrogens with one attached hydrogen (secondary N) is 1. The molecule has 0 saturated carbocycles. The lowest BCUT2D eigenvalue weighted by Crippen LogP contribution is -2.03. The number of benzene rings is 1. The second kappa shape index (κ2) is 3.34. The highest BCUT2D eigenvalue weighted by Crippen LogP contribution is 2.24. The van der Waals surface area contributed by atoms with Crippen molar-refractivity contribution in [2.24, 2.45) is 0 Å². The number of aromatic amines is 1. The fourth-order valence-electron chi connectivity index (χ4n) is 1.69. The second-order valence-electron chi connectivity index (χ2n) is 3.44. The van der Waals surface area contributed by atoms with Crippen molar-refractivity contribution in [3.8, 4) is 11.3 Å². The molecule has 0 radical (unpaired) electrons. The Morgan fingerprint density at radius 2 is 1.94 bits per heavy atom. The van der Waals surface area contributed by atoms with Gasteiger partial charge in [-0.05, 0) is 0 Å². The molecule has 2 heterocycles. The summed E-state index contributed by atoms with van der Waals surface area (Å²) in [4.78, 5) is 14.3. The van der Waals surface area contributed by atoms with Crippen molar-refractivity contribution < 1.29 is 4.52 Å². The van der Waals surface area contributed by atoms with Gasteiger partial charge in [-0.2, -0.15) is 0 Å². The number of rotatable bonds is 1. The number of hydrogen-bond donors (Lipinski definition) is 1. The smallest absolute Gasteiger partial charge is 0.261 e. The minimum absolute atomic E-state index is 0.183. The van der Waals surface area contributed by atoms with Crippen LogP contribution in [0, 0.1) is 0 Å². The highest BCUT2D eigenvalue weighted by molar-refractivity contribution is 5.90. The minimum atomic E-state index is -0.183. The Morgan fingerprint density at radius 3 is 2.75 bits per heavy atom. The summed E-state index contributed by atoms with van der Waals surface area (Å²) in [6, 6.07) is 11.2. The first kappa shape index (κ1) is 8.91. The van der Waals surface area contributed by atoms with Gasteiger partial charge in [0, 0.05) is 17.8 Å². The van der Waals surface area contributed by atoms with Crippen molar-refractivity contribution in [3.63, 3.8) is 0 Å². The summed E-state index contributed by atoms with van der Waals surface area (Å²) < 4.78 is 5.11. The van der Waals surface area contributed by atoms with Gasteiger partial charge in [0.1, 0.15) is 11.1 Å². The Labute approximate surface area is 90.5 Å². The predicted octanol–water partition coefficient (Wildman–Crippen LogP) is 2.18. The summed E-state index contributed by atoms with van der Waals surface area (Å²) in [5.41, 5.74) is 1.77. The molecule has 78 valence electrons. The lowest BCUT2D eigenvalue weighted by atomic mass is 10.1. The molecule has 3 rings (SSSR count). The summed E-state index contributed by atoms with van der Waals surface area (Å²) in [5, 5.41) is 4.43. The van der Waals surface area contributed by atoms with Gasteiger partial charge in [0.05, 0.1) is 0 Å². The molecule has 16 heavy (non-hydrogen) atoms. The Kier molecular flexibility index (Phi) is 1.86. The van der Waals surface area contributed by atoms with Crippen molar-refractivity contribution in [2.45, 2.75) is 0 Å². The number of aromatic nitrogens is 2. The molecule has 0 aliphatic rings. The van der Waals surface area contributed by atoms with Crippen LogP contribution in [0.4, 0.5) is 0 Å². The van der Waals surface area contributed by atoms with Gasteiger partial charge < -0.3 is 9.51 Å². The van der Waals surface area contributed by atoms with Crippen molar-refractivity contribution in [1.82, 2.24) is 10.1 Å². The SMILES string of the molecule is O=c1[nH]ccc2onc(-c3ccccc3)c12. The maximum atomic E-state index is 11.7. The van der Waals surface area contributed by atoms with E-state index >= 15 is 0 Å². The van der Waals surface area contributed by atoms with E-state index in [0.717, 1.165) is 5.56 Å².